The van der Waals surface area contributed by atoms with Crippen LogP contribution in [-0.2, 0) is 5.60 Å². The van der Waals surface area contributed by atoms with Crippen LogP contribution in [0.1, 0.15) is 38.2 Å². The summed E-state index contributed by atoms with van der Waals surface area (Å²) in [6.07, 6.45) is 3.40. The van der Waals surface area contributed by atoms with E-state index in [2.05, 4.69) is 6.92 Å². The summed E-state index contributed by atoms with van der Waals surface area (Å²) in [5.41, 5.74) is -0.192. The lowest BCUT2D eigenvalue weighted by Gasteiger charge is -2.35. The van der Waals surface area contributed by atoms with Crippen molar-refractivity contribution >= 4 is 0 Å². The minimum absolute atomic E-state index is 0.224. The number of halogens is 1. The molecule has 0 heterocycles. The molecule has 0 saturated heterocycles. The first kappa shape index (κ1) is 12.4. The van der Waals surface area contributed by atoms with Crippen LogP contribution in [0.4, 0.5) is 4.39 Å². The van der Waals surface area contributed by atoms with E-state index in [1.54, 1.807) is 12.1 Å². The van der Waals surface area contributed by atoms with Gasteiger partial charge in [0.15, 0.2) is 11.6 Å². The Morgan fingerprint density at radius 3 is 2.53 bits per heavy atom. The summed E-state index contributed by atoms with van der Waals surface area (Å²) < 4.78 is 18.5. The minimum atomic E-state index is -0.861. The van der Waals surface area contributed by atoms with E-state index in [1.807, 2.05) is 0 Å². The van der Waals surface area contributed by atoms with Gasteiger partial charge in [-0.05, 0) is 49.3 Å². The van der Waals surface area contributed by atoms with Gasteiger partial charge >= 0.3 is 0 Å². The Kier molecular flexibility index (Phi) is 3.38. The predicted octanol–water partition coefficient (Wildman–Crippen LogP) is 3.23. The molecule has 1 aromatic carbocycles. The highest BCUT2D eigenvalue weighted by molar-refractivity contribution is 5.32. The van der Waals surface area contributed by atoms with E-state index in [-0.39, 0.29) is 5.75 Å². The van der Waals surface area contributed by atoms with Gasteiger partial charge < -0.3 is 9.84 Å². The maximum atomic E-state index is 13.6. The molecule has 0 bridgehead atoms. The van der Waals surface area contributed by atoms with Gasteiger partial charge in [0.1, 0.15) is 0 Å². The first-order valence-corrected chi connectivity index (χ1v) is 6.11. The van der Waals surface area contributed by atoms with Crippen LogP contribution in [-0.4, -0.2) is 12.2 Å². The van der Waals surface area contributed by atoms with Gasteiger partial charge in [0.2, 0.25) is 0 Å². The fourth-order valence-electron chi connectivity index (χ4n) is 2.48. The molecule has 1 aromatic rings. The molecule has 1 aliphatic carbocycles. The minimum Gasteiger partial charge on any atom is -0.494 e. The van der Waals surface area contributed by atoms with Gasteiger partial charge in [0, 0.05) is 0 Å². The summed E-state index contributed by atoms with van der Waals surface area (Å²) in [6.45, 7) is 2.19. The monoisotopic (exact) mass is 238 g/mol. The predicted molar refractivity (Wildman–Crippen MR) is 64.5 cm³/mol. The second kappa shape index (κ2) is 4.65. The van der Waals surface area contributed by atoms with Crippen LogP contribution in [0.3, 0.4) is 0 Å². The van der Waals surface area contributed by atoms with Crippen LogP contribution in [0.15, 0.2) is 18.2 Å². The lowest BCUT2D eigenvalue weighted by Crippen LogP contribution is -2.30. The Labute approximate surface area is 101 Å². The smallest absolute Gasteiger partial charge is 0.165 e. The van der Waals surface area contributed by atoms with Crippen molar-refractivity contribution in [1.29, 1.82) is 0 Å². The average molecular weight is 238 g/mol. The number of hydrogen-bond donors (Lipinski definition) is 1. The molecule has 3 heteroatoms. The SMILES string of the molecule is COc1ccc(C2(O)CCC(C)CC2)cc1F. The van der Waals surface area contributed by atoms with E-state index < -0.39 is 11.4 Å². The molecule has 1 fully saturated rings. The quantitative estimate of drug-likeness (QED) is 0.857. The topological polar surface area (TPSA) is 29.5 Å². The van der Waals surface area contributed by atoms with Crippen LogP contribution in [0.5, 0.6) is 5.75 Å². The van der Waals surface area contributed by atoms with Gasteiger partial charge in [-0.1, -0.05) is 13.0 Å². The molecule has 0 atom stereocenters. The molecule has 0 aromatic heterocycles. The fraction of sp³-hybridized carbons (Fsp3) is 0.571. The van der Waals surface area contributed by atoms with Crippen LogP contribution < -0.4 is 4.74 Å². The molecule has 2 rings (SSSR count). The van der Waals surface area contributed by atoms with Gasteiger partial charge in [-0.25, -0.2) is 4.39 Å². The number of methoxy groups -OCH3 is 1. The molecule has 17 heavy (non-hydrogen) atoms. The number of benzene rings is 1. The van der Waals surface area contributed by atoms with Crippen LogP contribution >= 0.6 is 0 Å². The zero-order valence-electron chi connectivity index (χ0n) is 10.4. The lowest BCUT2D eigenvalue weighted by atomic mass is 9.76. The molecule has 2 nitrogen and oxygen atoms in total. The highest BCUT2D eigenvalue weighted by atomic mass is 19.1. The summed E-state index contributed by atoms with van der Waals surface area (Å²) in [6, 6.07) is 4.74. The second-order valence-electron chi connectivity index (χ2n) is 5.06. The van der Waals surface area contributed by atoms with E-state index in [9.17, 15) is 9.50 Å². The van der Waals surface area contributed by atoms with E-state index in [4.69, 9.17) is 4.74 Å². The van der Waals surface area contributed by atoms with Crippen molar-refractivity contribution in [1.82, 2.24) is 0 Å². The van der Waals surface area contributed by atoms with Crippen LogP contribution in [0.2, 0.25) is 0 Å². The zero-order valence-corrected chi connectivity index (χ0v) is 10.4. The van der Waals surface area contributed by atoms with Gasteiger partial charge in [-0.3, -0.25) is 0 Å². The highest BCUT2D eigenvalue weighted by Crippen LogP contribution is 2.40. The van der Waals surface area contributed by atoms with Crippen molar-refractivity contribution in [2.24, 2.45) is 5.92 Å². The maximum absolute atomic E-state index is 13.6. The maximum Gasteiger partial charge on any atom is 0.165 e. The standard InChI is InChI=1S/C14H19FO2/c1-10-5-7-14(16,8-6-10)11-3-4-13(17-2)12(15)9-11/h3-4,9-10,16H,5-8H2,1-2H3. The van der Waals surface area contributed by atoms with Crippen molar-refractivity contribution in [3.05, 3.63) is 29.6 Å². The number of rotatable bonds is 2. The van der Waals surface area contributed by atoms with Gasteiger partial charge in [0.05, 0.1) is 12.7 Å². The molecule has 1 aliphatic rings. The summed E-state index contributed by atoms with van der Waals surface area (Å²) in [5, 5.41) is 10.5. The molecule has 1 N–H and O–H groups in total. The largest absolute Gasteiger partial charge is 0.494 e. The van der Waals surface area contributed by atoms with Crippen molar-refractivity contribution in [3.8, 4) is 5.75 Å². The highest BCUT2D eigenvalue weighted by Gasteiger charge is 2.33. The molecule has 0 aliphatic heterocycles. The van der Waals surface area contributed by atoms with Crippen molar-refractivity contribution in [3.63, 3.8) is 0 Å². The summed E-state index contributed by atoms with van der Waals surface area (Å²) in [7, 11) is 1.44. The van der Waals surface area contributed by atoms with E-state index in [1.165, 1.54) is 13.2 Å². The van der Waals surface area contributed by atoms with Crippen LogP contribution in [0.25, 0.3) is 0 Å². The molecule has 94 valence electrons. The molecule has 0 spiro atoms. The Balaban J connectivity index is 2.24. The van der Waals surface area contributed by atoms with Crippen molar-refractivity contribution in [2.45, 2.75) is 38.2 Å². The fourth-order valence-corrected chi connectivity index (χ4v) is 2.48. The first-order valence-electron chi connectivity index (χ1n) is 6.11. The molecule has 0 radical (unpaired) electrons. The Morgan fingerprint density at radius 1 is 1.35 bits per heavy atom. The Morgan fingerprint density at radius 2 is 2.00 bits per heavy atom. The lowest BCUT2D eigenvalue weighted by molar-refractivity contribution is -0.0123. The second-order valence-corrected chi connectivity index (χ2v) is 5.06. The Hall–Kier alpha value is -1.09. The number of hydrogen-bond acceptors (Lipinski definition) is 2. The van der Waals surface area contributed by atoms with Crippen molar-refractivity contribution in [2.75, 3.05) is 7.11 Å². The first-order chi connectivity index (χ1) is 8.05. The number of aliphatic hydroxyl groups is 1. The molecule has 0 unspecified atom stereocenters. The van der Waals surface area contributed by atoms with E-state index in [0.717, 1.165) is 12.8 Å². The van der Waals surface area contributed by atoms with Crippen LogP contribution in [0, 0.1) is 11.7 Å². The Bertz CT molecular complexity index is 395. The number of ether oxygens (including phenoxy) is 1. The molecule has 0 amide bonds. The van der Waals surface area contributed by atoms with Gasteiger partial charge in [-0.15, -0.1) is 0 Å². The summed E-state index contributed by atoms with van der Waals surface area (Å²) in [5.74, 6) is 0.469. The van der Waals surface area contributed by atoms with E-state index >= 15 is 0 Å². The third kappa shape index (κ3) is 2.44. The third-order valence-electron chi connectivity index (χ3n) is 3.79. The molecule has 1 saturated carbocycles. The van der Waals surface area contributed by atoms with Gasteiger partial charge in [-0.2, -0.15) is 0 Å². The zero-order chi connectivity index (χ0) is 12.5. The summed E-state index contributed by atoms with van der Waals surface area (Å²) in [4.78, 5) is 0. The van der Waals surface area contributed by atoms with Gasteiger partial charge in [0.25, 0.3) is 0 Å². The van der Waals surface area contributed by atoms with E-state index in [0.29, 0.717) is 24.3 Å². The third-order valence-corrected chi connectivity index (χ3v) is 3.79. The summed E-state index contributed by atoms with van der Waals surface area (Å²) >= 11 is 0. The normalized spacial score (nSPS) is 29.1. The average Bonchev–Trinajstić information content (AvgIpc) is 2.33. The molecular weight excluding hydrogens is 219 g/mol. The molecular formula is C14H19FO2. The van der Waals surface area contributed by atoms with Crippen molar-refractivity contribution < 1.29 is 14.2 Å².